The first-order valence-electron chi connectivity index (χ1n) is 6.57. The number of para-hydroxylation sites is 1. The lowest BCUT2D eigenvalue weighted by Gasteiger charge is -2.05. The predicted molar refractivity (Wildman–Crippen MR) is 75.1 cm³/mol. The molecule has 4 heteroatoms. The number of benzene rings is 1. The van der Waals surface area contributed by atoms with Crippen LogP contribution >= 0.6 is 0 Å². The summed E-state index contributed by atoms with van der Waals surface area (Å²) in [6.07, 6.45) is 0.910. The van der Waals surface area contributed by atoms with E-state index in [-0.39, 0.29) is 0 Å². The summed E-state index contributed by atoms with van der Waals surface area (Å²) in [4.78, 5) is 0. The standard InChI is InChI=1S/C15H21NO3/c1-16-10-15-13(11-18-9-5-8-17-2)12-6-3-4-7-14(12)19-15/h3-4,6-7,16H,5,8-11H2,1-2H3. The highest BCUT2D eigenvalue weighted by atomic mass is 16.5. The zero-order valence-electron chi connectivity index (χ0n) is 11.6. The molecule has 104 valence electrons. The molecule has 0 unspecified atom stereocenters. The van der Waals surface area contributed by atoms with Gasteiger partial charge in [-0.1, -0.05) is 18.2 Å². The van der Waals surface area contributed by atoms with Crippen LogP contribution in [0.4, 0.5) is 0 Å². The SMILES string of the molecule is CNCc1oc2ccccc2c1COCCCOC. The fourth-order valence-corrected chi connectivity index (χ4v) is 2.09. The maximum Gasteiger partial charge on any atom is 0.134 e. The molecular weight excluding hydrogens is 242 g/mol. The number of ether oxygens (including phenoxy) is 2. The van der Waals surface area contributed by atoms with Gasteiger partial charge in [-0.25, -0.2) is 0 Å². The molecule has 0 aliphatic rings. The van der Waals surface area contributed by atoms with Crippen molar-refractivity contribution in [2.45, 2.75) is 19.6 Å². The minimum atomic E-state index is 0.581. The molecule has 0 fully saturated rings. The third-order valence-electron chi connectivity index (χ3n) is 3.00. The van der Waals surface area contributed by atoms with Crippen LogP contribution < -0.4 is 5.32 Å². The molecule has 0 atom stereocenters. The highest BCUT2D eigenvalue weighted by Gasteiger charge is 2.12. The van der Waals surface area contributed by atoms with Crippen molar-refractivity contribution in [2.75, 3.05) is 27.4 Å². The number of hydrogen-bond donors (Lipinski definition) is 1. The van der Waals surface area contributed by atoms with Crippen LogP contribution in [0, 0.1) is 0 Å². The Bertz CT molecular complexity index is 507. The first kappa shape index (κ1) is 14.1. The summed E-state index contributed by atoms with van der Waals surface area (Å²) in [7, 11) is 3.62. The summed E-state index contributed by atoms with van der Waals surface area (Å²) in [5.41, 5.74) is 2.06. The van der Waals surface area contributed by atoms with E-state index in [1.54, 1.807) is 7.11 Å². The van der Waals surface area contributed by atoms with Gasteiger partial charge in [-0.15, -0.1) is 0 Å². The van der Waals surface area contributed by atoms with Gasteiger partial charge in [-0.3, -0.25) is 0 Å². The van der Waals surface area contributed by atoms with Crippen LogP contribution in [0.2, 0.25) is 0 Å². The summed E-state index contributed by atoms with van der Waals surface area (Å²) in [5, 5.41) is 4.27. The van der Waals surface area contributed by atoms with Crippen LogP contribution in [0.3, 0.4) is 0 Å². The second-order valence-electron chi connectivity index (χ2n) is 4.43. The number of fused-ring (bicyclic) bond motifs is 1. The molecule has 0 saturated carbocycles. The summed E-state index contributed by atoms with van der Waals surface area (Å²) in [6.45, 7) is 2.73. The Morgan fingerprint density at radius 2 is 2.05 bits per heavy atom. The van der Waals surface area contributed by atoms with Gasteiger partial charge in [-0.05, 0) is 19.5 Å². The number of methoxy groups -OCH3 is 1. The van der Waals surface area contributed by atoms with Crippen LogP contribution in [-0.2, 0) is 22.6 Å². The summed E-state index contributed by atoms with van der Waals surface area (Å²) >= 11 is 0. The number of furan rings is 1. The van der Waals surface area contributed by atoms with Gasteiger partial charge in [0.15, 0.2) is 0 Å². The Balaban J connectivity index is 2.08. The minimum Gasteiger partial charge on any atom is -0.459 e. The van der Waals surface area contributed by atoms with E-state index < -0.39 is 0 Å². The Hall–Kier alpha value is -1.36. The molecule has 0 spiro atoms. The van der Waals surface area contributed by atoms with Gasteiger partial charge in [0.05, 0.1) is 13.2 Å². The lowest BCUT2D eigenvalue weighted by molar-refractivity contribution is 0.0925. The normalized spacial score (nSPS) is 11.3. The molecule has 2 rings (SSSR count). The van der Waals surface area contributed by atoms with E-state index in [0.717, 1.165) is 35.3 Å². The molecule has 19 heavy (non-hydrogen) atoms. The van der Waals surface area contributed by atoms with E-state index in [9.17, 15) is 0 Å². The van der Waals surface area contributed by atoms with Crippen LogP contribution in [0.5, 0.6) is 0 Å². The topological polar surface area (TPSA) is 43.6 Å². The van der Waals surface area contributed by atoms with Gasteiger partial charge in [0.2, 0.25) is 0 Å². The van der Waals surface area contributed by atoms with Gasteiger partial charge in [0, 0.05) is 31.3 Å². The minimum absolute atomic E-state index is 0.581. The van der Waals surface area contributed by atoms with E-state index in [4.69, 9.17) is 13.9 Å². The van der Waals surface area contributed by atoms with Crippen molar-refractivity contribution in [1.82, 2.24) is 5.32 Å². The molecule has 0 radical (unpaired) electrons. The molecule has 0 bridgehead atoms. The van der Waals surface area contributed by atoms with Crippen molar-refractivity contribution < 1.29 is 13.9 Å². The van der Waals surface area contributed by atoms with E-state index in [2.05, 4.69) is 11.4 Å². The molecular formula is C15H21NO3. The fraction of sp³-hybridized carbons (Fsp3) is 0.467. The lowest BCUT2D eigenvalue weighted by atomic mass is 10.1. The Labute approximate surface area is 113 Å². The quantitative estimate of drug-likeness (QED) is 0.744. The molecule has 1 heterocycles. The maximum absolute atomic E-state index is 5.85. The second kappa shape index (κ2) is 7.28. The number of nitrogens with one attached hydrogen (secondary N) is 1. The van der Waals surface area contributed by atoms with Gasteiger partial charge in [-0.2, -0.15) is 0 Å². The van der Waals surface area contributed by atoms with Crippen molar-refractivity contribution in [3.05, 3.63) is 35.6 Å². The monoisotopic (exact) mass is 263 g/mol. The van der Waals surface area contributed by atoms with Crippen LogP contribution in [0.1, 0.15) is 17.7 Å². The first-order chi connectivity index (χ1) is 9.36. The second-order valence-corrected chi connectivity index (χ2v) is 4.43. The third-order valence-corrected chi connectivity index (χ3v) is 3.00. The first-order valence-corrected chi connectivity index (χ1v) is 6.57. The molecule has 4 nitrogen and oxygen atoms in total. The van der Waals surface area contributed by atoms with Crippen molar-refractivity contribution in [3.8, 4) is 0 Å². The average molecular weight is 263 g/mol. The molecule has 1 N–H and O–H groups in total. The van der Waals surface area contributed by atoms with Crippen molar-refractivity contribution in [3.63, 3.8) is 0 Å². The fourth-order valence-electron chi connectivity index (χ4n) is 2.09. The van der Waals surface area contributed by atoms with Crippen molar-refractivity contribution in [2.24, 2.45) is 0 Å². The van der Waals surface area contributed by atoms with Gasteiger partial charge in [0.1, 0.15) is 11.3 Å². The van der Waals surface area contributed by atoms with Crippen LogP contribution in [-0.4, -0.2) is 27.4 Å². The van der Waals surface area contributed by atoms with Crippen LogP contribution in [0.25, 0.3) is 11.0 Å². The smallest absolute Gasteiger partial charge is 0.134 e. The Morgan fingerprint density at radius 3 is 2.84 bits per heavy atom. The molecule has 0 aliphatic heterocycles. The molecule has 2 aromatic rings. The number of rotatable bonds is 8. The maximum atomic E-state index is 5.85. The van der Waals surface area contributed by atoms with Gasteiger partial charge in [0.25, 0.3) is 0 Å². The Morgan fingerprint density at radius 1 is 1.21 bits per heavy atom. The molecule has 0 amide bonds. The molecule has 1 aromatic carbocycles. The highest BCUT2D eigenvalue weighted by Crippen LogP contribution is 2.26. The number of hydrogen-bond acceptors (Lipinski definition) is 4. The Kier molecular flexibility index (Phi) is 5.39. The van der Waals surface area contributed by atoms with E-state index >= 15 is 0 Å². The van der Waals surface area contributed by atoms with Gasteiger partial charge >= 0.3 is 0 Å². The summed E-state index contributed by atoms with van der Waals surface area (Å²) in [6, 6.07) is 8.07. The van der Waals surface area contributed by atoms with E-state index in [1.807, 2.05) is 25.2 Å². The summed E-state index contributed by atoms with van der Waals surface area (Å²) in [5.74, 6) is 0.954. The lowest BCUT2D eigenvalue weighted by Crippen LogP contribution is -2.07. The zero-order chi connectivity index (χ0) is 13.5. The zero-order valence-corrected chi connectivity index (χ0v) is 11.6. The van der Waals surface area contributed by atoms with E-state index in [1.165, 1.54) is 0 Å². The molecule has 1 aromatic heterocycles. The molecule has 0 aliphatic carbocycles. The van der Waals surface area contributed by atoms with Crippen molar-refractivity contribution >= 4 is 11.0 Å². The van der Waals surface area contributed by atoms with Crippen molar-refractivity contribution in [1.29, 1.82) is 0 Å². The highest BCUT2D eigenvalue weighted by molar-refractivity contribution is 5.82. The summed E-state index contributed by atoms with van der Waals surface area (Å²) < 4.78 is 16.6. The van der Waals surface area contributed by atoms with E-state index in [0.29, 0.717) is 19.8 Å². The molecule has 0 saturated heterocycles. The predicted octanol–water partition coefficient (Wildman–Crippen LogP) is 2.71. The van der Waals surface area contributed by atoms with Crippen LogP contribution in [0.15, 0.2) is 28.7 Å². The third kappa shape index (κ3) is 3.56. The largest absolute Gasteiger partial charge is 0.459 e. The average Bonchev–Trinajstić information content (AvgIpc) is 2.77. The van der Waals surface area contributed by atoms with Gasteiger partial charge < -0.3 is 19.2 Å².